The first kappa shape index (κ1) is 14.7. The Hall–Kier alpha value is -0.350. The number of nitrogens with one attached hydrogen (secondary N) is 1. The van der Waals surface area contributed by atoms with Crippen molar-refractivity contribution in [3.8, 4) is 0 Å². The topological polar surface area (TPSA) is 29.1 Å². The Kier molecular flexibility index (Phi) is 6.82. The standard InChI is InChI=1S/C13H17Br2NO/c1-10(11-5-7-12(15)8-6-11)16-13(17)4-2-3-9-14/h5-8,10H,2-4,9H2,1H3,(H,16,17). The highest BCUT2D eigenvalue weighted by atomic mass is 79.9. The van der Waals surface area contributed by atoms with Crippen LogP contribution in [0.2, 0.25) is 0 Å². The van der Waals surface area contributed by atoms with E-state index in [1.807, 2.05) is 31.2 Å². The van der Waals surface area contributed by atoms with Gasteiger partial charge in [-0.2, -0.15) is 0 Å². The van der Waals surface area contributed by atoms with Crippen molar-refractivity contribution in [3.63, 3.8) is 0 Å². The molecule has 0 saturated carbocycles. The molecule has 0 aliphatic heterocycles. The lowest BCUT2D eigenvalue weighted by atomic mass is 10.1. The Morgan fingerprint density at radius 3 is 2.53 bits per heavy atom. The molecule has 17 heavy (non-hydrogen) atoms. The maximum absolute atomic E-state index is 11.6. The van der Waals surface area contributed by atoms with Crippen LogP contribution < -0.4 is 5.32 Å². The summed E-state index contributed by atoms with van der Waals surface area (Å²) in [6, 6.07) is 8.09. The number of rotatable bonds is 6. The lowest BCUT2D eigenvalue weighted by molar-refractivity contribution is -0.121. The average Bonchev–Trinajstić information content (AvgIpc) is 2.30. The van der Waals surface area contributed by atoms with Gasteiger partial charge in [-0.3, -0.25) is 4.79 Å². The summed E-state index contributed by atoms with van der Waals surface area (Å²) in [6.07, 6.45) is 2.58. The molecule has 1 amide bonds. The van der Waals surface area contributed by atoms with Crippen LogP contribution in [0.25, 0.3) is 0 Å². The number of alkyl halides is 1. The quantitative estimate of drug-likeness (QED) is 0.596. The molecule has 0 fully saturated rings. The fourth-order valence-corrected chi connectivity index (χ4v) is 2.19. The van der Waals surface area contributed by atoms with Crippen LogP contribution >= 0.6 is 31.9 Å². The molecule has 1 rings (SSSR count). The van der Waals surface area contributed by atoms with Gasteiger partial charge in [-0.25, -0.2) is 0 Å². The first-order valence-corrected chi connectivity index (χ1v) is 7.65. The normalized spacial score (nSPS) is 12.2. The average molecular weight is 363 g/mol. The summed E-state index contributed by atoms with van der Waals surface area (Å²) in [5.41, 5.74) is 1.13. The molecule has 0 bridgehead atoms. The highest BCUT2D eigenvalue weighted by Gasteiger charge is 2.08. The summed E-state index contributed by atoms with van der Waals surface area (Å²) < 4.78 is 1.05. The van der Waals surface area contributed by atoms with E-state index >= 15 is 0 Å². The molecule has 94 valence electrons. The summed E-state index contributed by atoms with van der Waals surface area (Å²) in [6.45, 7) is 2.01. The van der Waals surface area contributed by atoms with Gasteiger partial charge in [0.15, 0.2) is 0 Å². The maximum Gasteiger partial charge on any atom is 0.220 e. The number of carbonyl (C=O) groups excluding carboxylic acids is 1. The Balaban J connectivity index is 2.40. The van der Waals surface area contributed by atoms with Gasteiger partial charge in [0.1, 0.15) is 0 Å². The highest BCUT2D eigenvalue weighted by Crippen LogP contribution is 2.16. The van der Waals surface area contributed by atoms with Gasteiger partial charge < -0.3 is 5.32 Å². The van der Waals surface area contributed by atoms with Crippen molar-refractivity contribution in [2.45, 2.75) is 32.2 Å². The van der Waals surface area contributed by atoms with Gasteiger partial charge >= 0.3 is 0 Å². The van der Waals surface area contributed by atoms with Crippen molar-refractivity contribution < 1.29 is 4.79 Å². The van der Waals surface area contributed by atoms with E-state index in [-0.39, 0.29) is 11.9 Å². The van der Waals surface area contributed by atoms with Crippen LogP contribution in [-0.4, -0.2) is 11.2 Å². The second-order valence-electron chi connectivity index (χ2n) is 3.99. The molecule has 1 atom stereocenters. The summed E-state index contributed by atoms with van der Waals surface area (Å²) in [5, 5.41) is 3.97. The predicted octanol–water partition coefficient (Wildman–Crippen LogP) is 4.19. The van der Waals surface area contributed by atoms with Crippen LogP contribution in [0, 0.1) is 0 Å². The lowest BCUT2D eigenvalue weighted by Crippen LogP contribution is -2.26. The van der Waals surface area contributed by atoms with Gasteiger partial charge in [-0.1, -0.05) is 44.0 Å². The summed E-state index contributed by atoms with van der Waals surface area (Å²) >= 11 is 6.75. The number of amides is 1. The monoisotopic (exact) mass is 361 g/mol. The van der Waals surface area contributed by atoms with Crippen LogP contribution in [0.5, 0.6) is 0 Å². The second-order valence-corrected chi connectivity index (χ2v) is 5.70. The van der Waals surface area contributed by atoms with E-state index in [1.54, 1.807) is 0 Å². The Morgan fingerprint density at radius 1 is 1.29 bits per heavy atom. The Morgan fingerprint density at radius 2 is 1.94 bits per heavy atom. The molecule has 0 heterocycles. The third-order valence-electron chi connectivity index (χ3n) is 2.53. The van der Waals surface area contributed by atoms with E-state index in [2.05, 4.69) is 37.2 Å². The first-order valence-electron chi connectivity index (χ1n) is 5.74. The van der Waals surface area contributed by atoms with Crippen molar-refractivity contribution in [1.29, 1.82) is 0 Å². The molecular formula is C13H17Br2NO. The van der Waals surface area contributed by atoms with Crippen molar-refractivity contribution in [3.05, 3.63) is 34.3 Å². The number of carbonyl (C=O) groups is 1. The summed E-state index contributed by atoms with van der Waals surface area (Å²) in [4.78, 5) is 11.6. The lowest BCUT2D eigenvalue weighted by Gasteiger charge is -2.14. The van der Waals surface area contributed by atoms with Gasteiger partial charge in [-0.05, 0) is 37.5 Å². The summed E-state index contributed by atoms with van der Waals surface area (Å²) in [7, 11) is 0. The first-order chi connectivity index (χ1) is 8.13. The molecule has 1 aromatic rings. The van der Waals surface area contributed by atoms with Crippen LogP contribution in [0.1, 0.15) is 37.8 Å². The molecule has 0 aliphatic carbocycles. The molecule has 1 unspecified atom stereocenters. The second kappa shape index (κ2) is 7.88. The van der Waals surface area contributed by atoms with Gasteiger partial charge in [0.25, 0.3) is 0 Å². The molecule has 2 nitrogen and oxygen atoms in total. The number of benzene rings is 1. The van der Waals surface area contributed by atoms with Crippen LogP contribution in [0.4, 0.5) is 0 Å². The zero-order chi connectivity index (χ0) is 12.7. The van der Waals surface area contributed by atoms with Crippen LogP contribution in [0.15, 0.2) is 28.7 Å². The van der Waals surface area contributed by atoms with Crippen molar-refractivity contribution in [2.24, 2.45) is 0 Å². The van der Waals surface area contributed by atoms with E-state index in [0.717, 1.165) is 28.2 Å². The minimum atomic E-state index is 0.0690. The van der Waals surface area contributed by atoms with E-state index in [4.69, 9.17) is 0 Å². The smallest absolute Gasteiger partial charge is 0.220 e. The molecule has 0 aliphatic rings. The van der Waals surface area contributed by atoms with Crippen LogP contribution in [0.3, 0.4) is 0 Å². The molecule has 0 spiro atoms. The molecule has 4 heteroatoms. The minimum Gasteiger partial charge on any atom is -0.350 e. The number of halogens is 2. The van der Waals surface area contributed by atoms with Crippen molar-refractivity contribution in [2.75, 3.05) is 5.33 Å². The Labute approximate surface area is 119 Å². The summed E-state index contributed by atoms with van der Waals surface area (Å²) in [5.74, 6) is 0.126. The van der Waals surface area contributed by atoms with Gasteiger partial charge in [0.05, 0.1) is 6.04 Å². The van der Waals surface area contributed by atoms with E-state index < -0.39 is 0 Å². The SMILES string of the molecule is CC(NC(=O)CCCCBr)c1ccc(Br)cc1. The Bertz CT molecular complexity index is 351. The zero-order valence-corrected chi connectivity index (χ0v) is 13.1. The predicted molar refractivity (Wildman–Crippen MR) is 78.3 cm³/mol. The minimum absolute atomic E-state index is 0.0690. The number of unbranched alkanes of at least 4 members (excludes halogenated alkanes) is 1. The third-order valence-corrected chi connectivity index (χ3v) is 3.62. The zero-order valence-electron chi connectivity index (χ0n) is 9.88. The van der Waals surface area contributed by atoms with Gasteiger partial charge in [0.2, 0.25) is 5.91 Å². The molecule has 0 saturated heterocycles. The number of hydrogen-bond donors (Lipinski definition) is 1. The van der Waals surface area contributed by atoms with Gasteiger partial charge in [-0.15, -0.1) is 0 Å². The van der Waals surface area contributed by atoms with E-state index in [1.165, 1.54) is 0 Å². The number of hydrogen-bond acceptors (Lipinski definition) is 1. The largest absolute Gasteiger partial charge is 0.350 e. The van der Waals surface area contributed by atoms with E-state index in [9.17, 15) is 4.79 Å². The van der Waals surface area contributed by atoms with Crippen molar-refractivity contribution in [1.82, 2.24) is 5.32 Å². The molecule has 1 N–H and O–H groups in total. The molecular weight excluding hydrogens is 346 g/mol. The maximum atomic E-state index is 11.6. The molecule has 0 radical (unpaired) electrons. The van der Waals surface area contributed by atoms with Crippen LogP contribution in [-0.2, 0) is 4.79 Å². The molecule has 1 aromatic carbocycles. The fourth-order valence-electron chi connectivity index (χ4n) is 1.53. The fraction of sp³-hybridized carbons (Fsp3) is 0.462. The molecule has 0 aromatic heterocycles. The van der Waals surface area contributed by atoms with Crippen molar-refractivity contribution >= 4 is 37.8 Å². The van der Waals surface area contributed by atoms with Gasteiger partial charge in [0, 0.05) is 16.2 Å². The van der Waals surface area contributed by atoms with E-state index in [0.29, 0.717) is 6.42 Å². The highest BCUT2D eigenvalue weighted by molar-refractivity contribution is 9.10. The third kappa shape index (κ3) is 5.68.